The highest BCUT2D eigenvalue weighted by Crippen LogP contribution is 2.45. The van der Waals surface area contributed by atoms with Crippen molar-refractivity contribution in [3.05, 3.63) is 76.4 Å². The molecule has 3 heterocycles. The van der Waals surface area contributed by atoms with Gasteiger partial charge in [-0.1, -0.05) is 31.2 Å². The number of carbonyl (C=O) groups excluding carboxylic acids is 2. The molecule has 1 amide bonds. The number of aliphatic hydroxyl groups excluding tert-OH is 1. The van der Waals surface area contributed by atoms with E-state index in [4.69, 9.17) is 0 Å². The lowest BCUT2D eigenvalue weighted by Crippen LogP contribution is -2.63. The zero-order valence-corrected chi connectivity index (χ0v) is 19.6. The zero-order chi connectivity index (χ0) is 23.4. The third kappa shape index (κ3) is 3.52. The lowest BCUT2D eigenvalue weighted by Gasteiger charge is -2.52. The Labute approximate surface area is 196 Å². The normalized spacial score (nSPS) is 23.4. The van der Waals surface area contributed by atoms with Gasteiger partial charge in [-0.3, -0.25) is 14.6 Å². The fourth-order valence-corrected chi connectivity index (χ4v) is 5.92. The van der Waals surface area contributed by atoms with E-state index in [2.05, 4.69) is 6.07 Å². The number of amides is 1. The number of carbonyl (C=O) groups is 2. The van der Waals surface area contributed by atoms with Crippen molar-refractivity contribution < 1.29 is 19.1 Å². The van der Waals surface area contributed by atoms with E-state index in [1.54, 1.807) is 40.7 Å². The van der Waals surface area contributed by atoms with Gasteiger partial charge in [0, 0.05) is 29.2 Å². The van der Waals surface area contributed by atoms with Crippen LogP contribution >= 0.6 is 11.8 Å². The van der Waals surface area contributed by atoms with Crippen molar-refractivity contribution in [3.8, 4) is 0 Å². The van der Waals surface area contributed by atoms with Crippen molar-refractivity contribution in [1.29, 1.82) is 0 Å². The number of benzene rings is 2. The van der Waals surface area contributed by atoms with Crippen molar-refractivity contribution in [1.82, 2.24) is 14.9 Å². The molecule has 8 heteroatoms. The van der Waals surface area contributed by atoms with E-state index in [1.165, 1.54) is 6.07 Å². The van der Waals surface area contributed by atoms with Crippen LogP contribution in [0.25, 0.3) is 0 Å². The van der Waals surface area contributed by atoms with Crippen LogP contribution in [0, 0.1) is 11.7 Å². The smallest absolute Gasteiger partial charge is 0.276 e. The number of hydrogen-bond acceptors (Lipinski definition) is 6. The molecule has 0 bridgehead atoms. The number of fused-ring (bicyclic) bond motifs is 3. The maximum absolute atomic E-state index is 14.5. The number of thioether (sulfide) groups is 1. The van der Waals surface area contributed by atoms with Gasteiger partial charge < -0.3 is 10.0 Å². The third-order valence-corrected chi connectivity index (χ3v) is 7.74. The van der Waals surface area contributed by atoms with Crippen molar-refractivity contribution in [2.75, 3.05) is 13.2 Å². The van der Waals surface area contributed by atoms with Crippen LogP contribution in [-0.2, 0) is 15.3 Å². The average Bonchev–Trinajstić information content (AvgIpc) is 2.94. The van der Waals surface area contributed by atoms with Crippen LogP contribution in [0.2, 0.25) is 0 Å². The highest BCUT2D eigenvalue weighted by molar-refractivity contribution is 7.98. The molecule has 0 aliphatic carbocycles. The van der Waals surface area contributed by atoms with Crippen LogP contribution < -0.4 is 0 Å². The zero-order valence-electron chi connectivity index (χ0n) is 18.8. The van der Waals surface area contributed by atoms with Crippen LogP contribution in [0.5, 0.6) is 0 Å². The van der Waals surface area contributed by atoms with Gasteiger partial charge in [0.1, 0.15) is 5.82 Å². The molecule has 2 aromatic carbocycles. The lowest BCUT2D eigenvalue weighted by molar-refractivity contribution is -0.164. The summed E-state index contributed by atoms with van der Waals surface area (Å²) in [5.41, 5.74) is 2.97. The quantitative estimate of drug-likeness (QED) is 0.713. The summed E-state index contributed by atoms with van der Waals surface area (Å²) in [7, 11) is 0. The van der Waals surface area contributed by atoms with Crippen molar-refractivity contribution >= 4 is 23.5 Å². The van der Waals surface area contributed by atoms with E-state index >= 15 is 0 Å². The Morgan fingerprint density at radius 2 is 1.88 bits per heavy atom. The first-order valence-electron chi connectivity index (χ1n) is 11.1. The molecule has 0 saturated carbocycles. The Balaban J connectivity index is 1.75. The second kappa shape index (κ2) is 8.18. The maximum atomic E-state index is 14.5. The molecule has 0 radical (unpaired) electrons. The first kappa shape index (κ1) is 22.0. The van der Waals surface area contributed by atoms with Crippen LogP contribution in [0.3, 0.4) is 0 Å². The number of halogens is 1. The molecule has 1 saturated heterocycles. The summed E-state index contributed by atoms with van der Waals surface area (Å²) in [4.78, 5) is 28.6. The molecule has 3 aliphatic rings. The van der Waals surface area contributed by atoms with Gasteiger partial charge in [0.2, 0.25) is 5.78 Å². The third-order valence-electron chi connectivity index (χ3n) is 6.60. The van der Waals surface area contributed by atoms with Crippen molar-refractivity contribution in [2.45, 2.75) is 43.5 Å². The van der Waals surface area contributed by atoms with Crippen LogP contribution in [0.1, 0.15) is 43.5 Å². The molecule has 1 N–H and O–H groups in total. The highest BCUT2D eigenvalue weighted by Gasteiger charge is 2.47. The maximum Gasteiger partial charge on any atom is 0.276 e. The Hall–Kier alpha value is -2.84. The number of hydrazine groups is 1. The molecular weight excluding hydrogens is 441 g/mol. The molecule has 6 nitrogen and oxygen atoms in total. The fraction of sp³-hybridized carbons (Fsp3) is 0.360. The first-order chi connectivity index (χ1) is 15.8. The molecule has 3 aliphatic heterocycles. The molecular formula is C25H26FN3O3S. The molecule has 2 aromatic rings. The number of Topliss-reactive ketones (excluding diaryl/α,β-unsaturated/α-hetero) is 1. The van der Waals surface area contributed by atoms with E-state index in [1.807, 2.05) is 37.1 Å². The molecule has 33 heavy (non-hydrogen) atoms. The molecule has 1 fully saturated rings. The van der Waals surface area contributed by atoms with Gasteiger partial charge in [-0.05, 0) is 48.7 Å². The van der Waals surface area contributed by atoms with E-state index in [0.29, 0.717) is 0 Å². The van der Waals surface area contributed by atoms with Crippen LogP contribution in [0.15, 0.2) is 58.8 Å². The Bertz CT molecular complexity index is 1180. The molecule has 5 rings (SSSR count). The standard InChI is InChI=1S/C25H26FN3O3S/c1-14(2)27-13-29(28-11-15(3)23(30)24(31)22(28)25(27)32)21-18-7-5-4-6-16(18)12-33-20-9-8-17(26)10-19(20)21/h4-10,14-15,21,31H,11-13H2,1-3H3. The Morgan fingerprint density at radius 1 is 1.12 bits per heavy atom. The minimum absolute atomic E-state index is 0.00499. The molecule has 0 spiro atoms. The number of hydrogen-bond donors (Lipinski definition) is 1. The number of ketones is 1. The summed E-state index contributed by atoms with van der Waals surface area (Å²) >= 11 is 1.66. The fourth-order valence-electron chi connectivity index (χ4n) is 4.84. The predicted molar refractivity (Wildman–Crippen MR) is 123 cm³/mol. The lowest BCUT2D eigenvalue weighted by atomic mass is 9.93. The highest BCUT2D eigenvalue weighted by atomic mass is 32.2. The monoisotopic (exact) mass is 467 g/mol. The number of rotatable bonds is 2. The second-order valence-corrected chi connectivity index (χ2v) is 10.1. The van der Waals surface area contributed by atoms with Gasteiger partial charge in [-0.2, -0.15) is 5.01 Å². The summed E-state index contributed by atoms with van der Waals surface area (Å²) in [5.74, 6) is -1.34. The van der Waals surface area contributed by atoms with Crippen LogP contribution in [-0.4, -0.2) is 51.0 Å². The van der Waals surface area contributed by atoms with Crippen LogP contribution in [0.4, 0.5) is 4.39 Å². The minimum Gasteiger partial charge on any atom is -0.503 e. The largest absolute Gasteiger partial charge is 0.503 e. The summed E-state index contributed by atoms with van der Waals surface area (Å²) in [5, 5.41) is 14.5. The van der Waals surface area contributed by atoms with Gasteiger partial charge in [0.15, 0.2) is 11.5 Å². The SMILES string of the molecule is CC1CN2C(=C(O)C1=O)C(=O)N(C(C)C)CN2C1c2ccccc2CSc2ccc(F)cc21. The number of nitrogens with zero attached hydrogens (tertiary/aromatic N) is 3. The first-order valence-corrected chi connectivity index (χ1v) is 12.1. The van der Waals surface area contributed by atoms with Gasteiger partial charge in [0.25, 0.3) is 5.91 Å². The average molecular weight is 468 g/mol. The molecule has 172 valence electrons. The minimum atomic E-state index is -0.496. The second-order valence-electron chi connectivity index (χ2n) is 9.07. The predicted octanol–water partition coefficient (Wildman–Crippen LogP) is 4.24. The van der Waals surface area contributed by atoms with Crippen molar-refractivity contribution in [2.24, 2.45) is 5.92 Å². The van der Waals surface area contributed by atoms with Gasteiger partial charge in [-0.25, -0.2) is 4.39 Å². The number of allylic oxidation sites excluding steroid dienone is 1. The Morgan fingerprint density at radius 3 is 2.64 bits per heavy atom. The van der Waals surface area contributed by atoms with E-state index in [9.17, 15) is 19.1 Å². The van der Waals surface area contributed by atoms with E-state index in [0.717, 1.165) is 27.3 Å². The summed E-state index contributed by atoms with van der Waals surface area (Å²) in [6, 6.07) is 12.4. The molecule has 0 aromatic heterocycles. The van der Waals surface area contributed by atoms with Gasteiger partial charge in [-0.15, -0.1) is 11.8 Å². The van der Waals surface area contributed by atoms with Gasteiger partial charge in [0.05, 0.1) is 12.7 Å². The summed E-state index contributed by atoms with van der Waals surface area (Å²) in [6.45, 7) is 6.08. The summed E-state index contributed by atoms with van der Waals surface area (Å²) in [6.07, 6.45) is 0. The van der Waals surface area contributed by atoms with E-state index < -0.39 is 17.5 Å². The van der Waals surface area contributed by atoms with Crippen molar-refractivity contribution in [3.63, 3.8) is 0 Å². The summed E-state index contributed by atoms with van der Waals surface area (Å²) < 4.78 is 14.5. The molecule has 2 unspecified atom stereocenters. The van der Waals surface area contributed by atoms with Gasteiger partial charge >= 0.3 is 0 Å². The number of aliphatic hydroxyl groups is 1. The topological polar surface area (TPSA) is 64.1 Å². The van der Waals surface area contributed by atoms with E-state index in [-0.39, 0.29) is 42.7 Å². The Kier molecular flexibility index (Phi) is 5.45. The molecule has 2 atom stereocenters.